The monoisotopic (exact) mass is 635 g/mol. The van der Waals surface area contributed by atoms with Crippen LogP contribution in [0, 0.1) is 5.92 Å². The fourth-order valence-corrected chi connectivity index (χ4v) is 6.38. The number of aliphatic hydroxyl groups is 1. The number of carboxylic acid groups (broad SMARTS) is 1. The van der Waals surface area contributed by atoms with Crippen molar-refractivity contribution in [2.24, 2.45) is 5.92 Å². The molecule has 46 heavy (non-hydrogen) atoms. The van der Waals surface area contributed by atoms with Gasteiger partial charge < -0.3 is 25.0 Å². The van der Waals surface area contributed by atoms with Gasteiger partial charge in [-0.15, -0.1) is 11.8 Å². The highest BCUT2D eigenvalue weighted by Crippen LogP contribution is 2.43. The molecule has 0 saturated carbocycles. The zero-order valence-corrected chi connectivity index (χ0v) is 25.9. The van der Waals surface area contributed by atoms with Crippen LogP contribution in [0.25, 0.3) is 11.0 Å². The zero-order chi connectivity index (χ0) is 32.0. The lowest BCUT2D eigenvalue weighted by Gasteiger charge is -2.41. The lowest BCUT2D eigenvalue weighted by atomic mass is 9.91. The van der Waals surface area contributed by atoms with Gasteiger partial charge >= 0.3 is 5.97 Å². The van der Waals surface area contributed by atoms with Crippen molar-refractivity contribution in [1.82, 2.24) is 15.3 Å². The minimum Gasteiger partial charge on any atom is -0.478 e. The van der Waals surface area contributed by atoms with Gasteiger partial charge in [0.25, 0.3) is 5.91 Å². The molecule has 4 aromatic carbocycles. The summed E-state index contributed by atoms with van der Waals surface area (Å²) >= 11 is 1.61. The molecule has 2 heterocycles. The van der Waals surface area contributed by atoms with Crippen LogP contribution < -0.4 is 5.32 Å². The van der Waals surface area contributed by atoms with Crippen LogP contribution in [-0.2, 0) is 22.6 Å². The number of carboxylic acids is 1. The van der Waals surface area contributed by atoms with Gasteiger partial charge in [-0.1, -0.05) is 67.6 Å². The third-order valence-corrected chi connectivity index (χ3v) is 9.13. The number of carbonyl (C=O) groups excluding carboxylic acids is 1. The second kappa shape index (κ2) is 14.2. The Bertz CT molecular complexity index is 1820. The number of hydrogen-bond donors (Lipinski definition) is 3. The van der Waals surface area contributed by atoms with Crippen LogP contribution in [0.2, 0.25) is 0 Å². The van der Waals surface area contributed by atoms with Crippen molar-refractivity contribution in [3.63, 3.8) is 0 Å². The minimum atomic E-state index is -0.955. The van der Waals surface area contributed by atoms with Crippen molar-refractivity contribution in [1.29, 1.82) is 0 Å². The first-order valence-corrected chi connectivity index (χ1v) is 15.9. The number of rotatable bonds is 10. The summed E-state index contributed by atoms with van der Waals surface area (Å²) in [5.74, 6) is -0.609. The Kier molecular flexibility index (Phi) is 9.70. The van der Waals surface area contributed by atoms with Crippen molar-refractivity contribution in [2.75, 3.05) is 5.75 Å². The third-order valence-electron chi connectivity index (χ3n) is 8.03. The van der Waals surface area contributed by atoms with Gasteiger partial charge in [-0.2, -0.15) is 0 Å². The van der Waals surface area contributed by atoms with Crippen molar-refractivity contribution < 1.29 is 29.3 Å². The molecule has 234 valence electrons. The molecular weight excluding hydrogens is 602 g/mol. The largest absolute Gasteiger partial charge is 0.478 e. The van der Waals surface area contributed by atoms with E-state index in [1.54, 1.807) is 23.9 Å². The summed E-state index contributed by atoms with van der Waals surface area (Å²) in [5.41, 5.74) is 5.48. The summed E-state index contributed by atoms with van der Waals surface area (Å²) in [6, 6.07) is 29.8. The Morgan fingerprint density at radius 1 is 0.848 bits per heavy atom. The van der Waals surface area contributed by atoms with E-state index in [1.807, 2.05) is 84.9 Å². The van der Waals surface area contributed by atoms with E-state index in [-0.39, 0.29) is 41.9 Å². The number of ether oxygens (including phenoxy) is 2. The second-order valence-corrected chi connectivity index (χ2v) is 12.2. The predicted molar refractivity (Wildman–Crippen MR) is 174 cm³/mol. The van der Waals surface area contributed by atoms with Gasteiger partial charge in [-0.3, -0.25) is 9.78 Å². The van der Waals surface area contributed by atoms with Crippen molar-refractivity contribution in [3.05, 3.63) is 137 Å². The van der Waals surface area contributed by atoms with E-state index in [0.29, 0.717) is 17.8 Å². The number of nitrogens with one attached hydrogen (secondary N) is 1. The predicted octanol–water partition coefficient (Wildman–Crippen LogP) is 6.33. The van der Waals surface area contributed by atoms with Crippen LogP contribution in [0.4, 0.5) is 0 Å². The lowest BCUT2D eigenvalue weighted by Crippen LogP contribution is -2.38. The molecule has 6 rings (SSSR count). The number of hydrogen-bond acceptors (Lipinski definition) is 8. The molecule has 3 N–H and O–H groups in total. The van der Waals surface area contributed by atoms with Crippen molar-refractivity contribution in [3.8, 4) is 0 Å². The van der Waals surface area contributed by atoms with E-state index in [9.17, 15) is 19.8 Å². The van der Waals surface area contributed by atoms with E-state index in [1.165, 1.54) is 6.20 Å². The number of amides is 1. The molecule has 1 aliphatic heterocycles. The molecule has 1 saturated heterocycles. The summed E-state index contributed by atoms with van der Waals surface area (Å²) < 4.78 is 13.1. The summed E-state index contributed by atoms with van der Waals surface area (Å²) in [7, 11) is 0. The van der Waals surface area contributed by atoms with Gasteiger partial charge in [0.1, 0.15) is 5.69 Å². The maximum absolute atomic E-state index is 12.8. The molecule has 0 spiro atoms. The second-order valence-electron chi connectivity index (χ2n) is 11.1. The highest BCUT2D eigenvalue weighted by atomic mass is 32.2. The maximum Gasteiger partial charge on any atom is 0.335 e. The van der Waals surface area contributed by atoms with Crippen LogP contribution in [0.15, 0.2) is 108 Å². The van der Waals surface area contributed by atoms with E-state index in [4.69, 9.17) is 9.47 Å². The number of thioether (sulfide) groups is 1. The molecule has 5 aromatic rings. The molecular formula is C36H33N3O6S. The molecule has 1 amide bonds. The third kappa shape index (κ3) is 7.27. The number of aliphatic hydroxyl groups excluding tert-OH is 1. The van der Waals surface area contributed by atoms with E-state index < -0.39 is 12.3 Å². The van der Waals surface area contributed by atoms with Gasteiger partial charge in [0, 0.05) is 28.7 Å². The molecule has 0 unspecified atom stereocenters. The fraction of sp³-hybridized carbons (Fsp3) is 0.222. The van der Waals surface area contributed by atoms with Gasteiger partial charge in [0.05, 0.1) is 41.6 Å². The molecule has 0 aliphatic carbocycles. The molecule has 1 aromatic heterocycles. The number of fused-ring (bicyclic) bond motifs is 1. The lowest BCUT2D eigenvalue weighted by molar-refractivity contribution is -0.268. The Hall–Kier alpha value is -4.61. The highest BCUT2D eigenvalue weighted by molar-refractivity contribution is 7.99. The number of aromatic carboxylic acids is 1. The molecule has 1 aliphatic rings. The molecule has 10 heteroatoms. The van der Waals surface area contributed by atoms with Crippen molar-refractivity contribution in [2.45, 2.75) is 43.5 Å². The standard InChI is InChI=1S/C36H33N3O6S/c1-22-32(21-46-28-16-14-26(15-17-28)35(42)43)44-36(45-33(22)25-10-8-24(20-40)9-11-25)27-12-6-23(7-13-27)18-38-34(41)31-19-37-29-4-2-3-5-30(29)39-31/h2-17,19,22,32-33,36,40H,18,20-21H2,1H3,(H,38,41)(H,42,43)/t22-,32+,33+,36+/m0/s1. The number of carbonyl (C=O) groups is 2. The van der Waals surface area contributed by atoms with Crippen LogP contribution in [0.5, 0.6) is 0 Å². The van der Waals surface area contributed by atoms with Crippen LogP contribution in [0.1, 0.15) is 62.4 Å². The Balaban J connectivity index is 1.15. The quantitative estimate of drug-likeness (QED) is 0.151. The fourth-order valence-electron chi connectivity index (χ4n) is 5.31. The summed E-state index contributed by atoms with van der Waals surface area (Å²) in [6.45, 7) is 2.39. The number of nitrogens with zero attached hydrogens (tertiary/aromatic N) is 2. The van der Waals surface area contributed by atoms with Crippen LogP contribution >= 0.6 is 11.8 Å². The zero-order valence-electron chi connectivity index (χ0n) is 25.1. The van der Waals surface area contributed by atoms with E-state index in [2.05, 4.69) is 22.2 Å². The molecule has 9 nitrogen and oxygen atoms in total. The first-order valence-electron chi connectivity index (χ1n) is 14.9. The summed E-state index contributed by atoms with van der Waals surface area (Å²) in [6.07, 6.45) is 0.420. The Morgan fingerprint density at radius 2 is 1.52 bits per heavy atom. The smallest absolute Gasteiger partial charge is 0.335 e. The average molecular weight is 636 g/mol. The first-order chi connectivity index (χ1) is 22.4. The minimum absolute atomic E-state index is 0.00899. The van der Waals surface area contributed by atoms with Crippen LogP contribution in [0.3, 0.4) is 0 Å². The van der Waals surface area contributed by atoms with E-state index >= 15 is 0 Å². The van der Waals surface area contributed by atoms with Crippen LogP contribution in [-0.4, -0.2) is 43.9 Å². The molecule has 4 atom stereocenters. The summed E-state index contributed by atoms with van der Waals surface area (Å²) in [5, 5.41) is 21.7. The molecule has 0 radical (unpaired) electrons. The average Bonchev–Trinajstić information content (AvgIpc) is 3.10. The number of para-hydroxylation sites is 2. The normalized spacial score (nSPS) is 19.5. The summed E-state index contributed by atoms with van der Waals surface area (Å²) in [4.78, 5) is 33.7. The SMILES string of the molecule is C[C@H]1[C@@H](CSc2ccc(C(=O)O)cc2)O[C@@H](c2ccc(CNC(=O)c3cnc4ccccc4n3)cc2)O[C@H]1c1ccc(CO)cc1. The van der Waals surface area contributed by atoms with E-state index in [0.717, 1.165) is 32.7 Å². The Morgan fingerprint density at radius 3 is 2.22 bits per heavy atom. The van der Waals surface area contributed by atoms with Gasteiger partial charge in [0.15, 0.2) is 6.29 Å². The number of aromatic nitrogens is 2. The van der Waals surface area contributed by atoms with Gasteiger partial charge in [-0.05, 0) is 53.1 Å². The van der Waals surface area contributed by atoms with Gasteiger partial charge in [0.2, 0.25) is 0 Å². The van der Waals surface area contributed by atoms with Gasteiger partial charge in [-0.25, -0.2) is 9.78 Å². The Labute approximate surface area is 270 Å². The first kappa shape index (κ1) is 31.4. The molecule has 1 fully saturated rings. The number of benzene rings is 4. The van der Waals surface area contributed by atoms with Crippen molar-refractivity contribution >= 4 is 34.7 Å². The molecule has 0 bridgehead atoms. The maximum atomic E-state index is 12.8. The highest BCUT2D eigenvalue weighted by Gasteiger charge is 2.38. The topological polar surface area (TPSA) is 131 Å².